The van der Waals surface area contributed by atoms with E-state index in [2.05, 4.69) is 4.98 Å². The highest BCUT2D eigenvalue weighted by Crippen LogP contribution is 2.20. The molecule has 0 fully saturated rings. The lowest BCUT2D eigenvalue weighted by atomic mass is 10.4. The lowest BCUT2D eigenvalue weighted by molar-refractivity contribution is 0.0475. The number of carbonyl (C=O) groups is 1. The summed E-state index contributed by atoms with van der Waals surface area (Å²) in [4.78, 5) is 16.2. The predicted octanol–water partition coefficient (Wildman–Crippen LogP) is 2.45. The molecule has 6 heteroatoms. The molecular weight excluding hydrogens is 244 g/mol. The summed E-state index contributed by atoms with van der Waals surface area (Å²) < 4.78 is 5.10. The molecular formula is C10H10N2O2S2. The van der Waals surface area contributed by atoms with Crippen molar-refractivity contribution in [3.63, 3.8) is 0 Å². The van der Waals surface area contributed by atoms with E-state index in [1.807, 2.05) is 12.3 Å². The van der Waals surface area contributed by atoms with Crippen molar-refractivity contribution in [2.45, 2.75) is 13.5 Å². The molecule has 2 heterocycles. The van der Waals surface area contributed by atoms with Crippen LogP contribution in [0.25, 0.3) is 0 Å². The fourth-order valence-corrected chi connectivity index (χ4v) is 2.47. The van der Waals surface area contributed by atoms with Gasteiger partial charge in [-0.15, -0.1) is 22.7 Å². The average molecular weight is 254 g/mol. The number of nitrogens with two attached hydrogens (primary N) is 1. The number of esters is 1. The molecule has 0 atom stereocenters. The summed E-state index contributed by atoms with van der Waals surface area (Å²) in [6.07, 6.45) is 0. The average Bonchev–Trinajstić information content (AvgIpc) is 2.84. The normalized spacial score (nSPS) is 10.3. The number of hydrogen-bond acceptors (Lipinski definition) is 6. The number of aryl methyl sites for hydroxylation is 1. The highest BCUT2D eigenvalue weighted by molar-refractivity contribution is 7.12. The van der Waals surface area contributed by atoms with Gasteiger partial charge < -0.3 is 10.5 Å². The summed E-state index contributed by atoms with van der Waals surface area (Å²) in [5, 5.41) is 4.60. The Morgan fingerprint density at radius 3 is 2.94 bits per heavy atom. The molecule has 0 aromatic carbocycles. The summed E-state index contributed by atoms with van der Waals surface area (Å²) in [6, 6.07) is 1.69. The zero-order valence-electron chi connectivity index (χ0n) is 8.60. The first-order chi connectivity index (χ1) is 7.66. The van der Waals surface area contributed by atoms with Crippen LogP contribution in [0, 0.1) is 6.92 Å². The minimum atomic E-state index is -0.391. The van der Waals surface area contributed by atoms with E-state index in [0.717, 1.165) is 10.7 Å². The van der Waals surface area contributed by atoms with Crippen molar-refractivity contribution >= 4 is 34.3 Å². The first-order valence-corrected chi connectivity index (χ1v) is 6.34. The van der Waals surface area contributed by atoms with Gasteiger partial charge in [-0.2, -0.15) is 0 Å². The Labute approximate surface area is 101 Å². The molecule has 0 saturated heterocycles. The third kappa shape index (κ3) is 2.40. The number of carbonyl (C=O) groups excluding carboxylic acids is 1. The van der Waals surface area contributed by atoms with Gasteiger partial charge in [-0.25, -0.2) is 9.78 Å². The molecule has 0 aliphatic carbocycles. The van der Waals surface area contributed by atoms with Gasteiger partial charge in [-0.1, -0.05) is 0 Å². The first kappa shape index (κ1) is 11.1. The monoisotopic (exact) mass is 254 g/mol. The number of ether oxygens (including phenoxy) is 1. The second kappa shape index (κ2) is 4.63. The highest BCUT2D eigenvalue weighted by atomic mass is 32.1. The van der Waals surface area contributed by atoms with Crippen LogP contribution in [0.4, 0.5) is 5.69 Å². The number of thiazole rings is 1. The number of anilines is 1. The minimum Gasteiger partial charge on any atom is -0.455 e. The number of aromatic nitrogens is 1. The van der Waals surface area contributed by atoms with Crippen molar-refractivity contribution < 1.29 is 9.53 Å². The molecule has 0 bridgehead atoms. The largest absolute Gasteiger partial charge is 0.455 e. The zero-order chi connectivity index (χ0) is 11.5. The van der Waals surface area contributed by atoms with E-state index in [1.54, 1.807) is 11.4 Å². The summed E-state index contributed by atoms with van der Waals surface area (Å²) in [5.41, 5.74) is 6.84. The lowest BCUT2D eigenvalue weighted by Crippen LogP contribution is -2.05. The standard InChI is InChI=1S/C10H10N2O2S2/c1-6-12-7(5-16-6)4-14-10(13)9-8(11)2-3-15-9/h2-3,5H,4,11H2,1H3. The van der Waals surface area contributed by atoms with Gasteiger partial charge in [0.25, 0.3) is 0 Å². The third-order valence-electron chi connectivity index (χ3n) is 1.90. The third-order valence-corrected chi connectivity index (χ3v) is 3.63. The van der Waals surface area contributed by atoms with Gasteiger partial charge in [0.2, 0.25) is 0 Å². The SMILES string of the molecule is Cc1nc(COC(=O)c2sccc2N)cs1. The molecule has 0 amide bonds. The molecule has 4 nitrogen and oxygen atoms in total. The van der Waals surface area contributed by atoms with Crippen molar-refractivity contribution in [2.24, 2.45) is 0 Å². The van der Waals surface area contributed by atoms with Gasteiger partial charge >= 0.3 is 5.97 Å². The summed E-state index contributed by atoms with van der Waals surface area (Å²) in [7, 11) is 0. The lowest BCUT2D eigenvalue weighted by Gasteiger charge is -2.01. The topological polar surface area (TPSA) is 65.2 Å². The Kier molecular flexibility index (Phi) is 3.21. The summed E-state index contributed by atoms with van der Waals surface area (Å²) in [6.45, 7) is 2.10. The van der Waals surface area contributed by atoms with E-state index >= 15 is 0 Å². The van der Waals surface area contributed by atoms with Crippen LogP contribution in [0.1, 0.15) is 20.4 Å². The maximum absolute atomic E-state index is 11.6. The fraction of sp³-hybridized carbons (Fsp3) is 0.200. The molecule has 0 aliphatic heterocycles. The van der Waals surface area contributed by atoms with Crippen LogP contribution < -0.4 is 5.73 Å². The van der Waals surface area contributed by atoms with Crippen molar-refractivity contribution in [1.29, 1.82) is 0 Å². The summed E-state index contributed by atoms with van der Waals surface area (Å²) >= 11 is 2.81. The highest BCUT2D eigenvalue weighted by Gasteiger charge is 2.13. The van der Waals surface area contributed by atoms with E-state index in [1.165, 1.54) is 22.7 Å². The molecule has 0 radical (unpaired) electrons. The molecule has 2 aromatic heterocycles. The van der Waals surface area contributed by atoms with Crippen LogP contribution in [0.2, 0.25) is 0 Å². The van der Waals surface area contributed by atoms with Crippen molar-refractivity contribution in [3.05, 3.63) is 32.4 Å². The maximum atomic E-state index is 11.6. The van der Waals surface area contributed by atoms with Crippen molar-refractivity contribution in [1.82, 2.24) is 4.98 Å². The molecule has 2 rings (SSSR count). The van der Waals surface area contributed by atoms with Gasteiger partial charge in [-0.05, 0) is 18.4 Å². The fourth-order valence-electron chi connectivity index (χ4n) is 1.16. The molecule has 0 unspecified atom stereocenters. The van der Waals surface area contributed by atoms with Crippen LogP contribution in [0.15, 0.2) is 16.8 Å². The molecule has 0 spiro atoms. The van der Waals surface area contributed by atoms with Gasteiger partial charge in [0, 0.05) is 5.38 Å². The number of nitrogens with zero attached hydrogens (tertiary/aromatic N) is 1. The van der Waals surface area contributed by atoms with E-state index in [0.29, 0.717) is 10.6 Å². The van der Waals surface area contributed by atoms with Crippen LogP contribution in [-0.4, -0.2) is 11.0 Å². The first-order valence-electron chi connectivity index (χ1n) is 4.58. The minimum absolute atomic E-state index is 0.195. The zero-order valence-corrected chi connectivity index (χ0v) is 10.2. The molecule has 2 aromatic rings. The van der Waals surface area contributed by atoms with E-state index in [4.69, 9.17) is 10.5 Å². The molecule has 0 aliphatic rings. The van der Waals surface area contributed by atoms with Crippen molar-refractivity contribution in [3.8, 4) is 0 Å². The van der Waals surface area contributed by atoms with E-state index in [-0.39, 0.29) is 6.61 Å². The molecule has 2 N–H and O–H groups in total. The van der Waals surface area contributed by atoms with Gasteiger partial charge in [0.05, 0.1) is 16.4 Å². The van der Waals surface area contributed by atoms with Crippen molar-refractivity contribution in [2.75, 3.05) is 5.73 Å². The second-order valence-electron chi connectivity index (χ2n) is 3.14. The van der Waals surface area contributed by atoms with Gasteiger partial charge in [0.1, 0.15) is 11.5 Å². The van der Waals surface area contributed by atoms with E-state index < -0.39 is 5.97 Å². The summed E-state index contributed by atoms with van der Waals surface area (Å²) in [5.74, 6) is -0.391. The number of nitrogen functional groups attached to an aromatic ring is 1. The van der Waals surface area contributed by atoms with Crippen LogP contribution >= 0.6 is 22.7 Å². The quantitative estimate of drug-likeness (QED) is 0.854. The maximum Gasteiger partial charge on any atom is 0.350 e. The number of thiophene rings is 1. The van der Waals surface area contributed by atoms with Crippen LogP contribution in [0.5, 0.6) is 0 Å². The Morgan fingerprint density at radius 2 is 2.38 bits per heavy atom. The van der Waals surface area contributed by atoms with Crippen LogP contribution in [-0.2, 0) is 11.3 Å². The number of rotatable bonds is 3. The smallest absolute Gasteiger partial charge is 0.350 e. The molecule has 84 valence electrons. The Bertz CT molecular complexity index is 504. The van der Waals surface area contributed by atoms with Gasteiger partial charge in [-0.3, -0.25) is 0 Å². The number of hydrogen-bond donors (Lipinski definition) is 1. The second-order valence-corrected chi connectivity index (χ2v) is 5.12. The van der Waals surface area contributed by atoms with Gasteiger partial charge in [0.15, 0.2) is 0 Å². The Balaban J connectivity index is 1.96. The van der Waals surface area contributed by atoms with Crippen LogP contribution in [0.3, 0.4) is 0 Å². The Morgan fingerprint density at radius 1 is 1.56 bits per heavy atom. The predicted molar refractivity (Wildman–Crippen MR) is 64.7 cm³/mol. The molecule has 16 heavy (non-hydrogen) atoms. The van der Waals surface area contributed by atoms with E-state index in [9.17, 15) is 4.79 Å². The Hall–Kier alpha value is -1.40. The molecule has 0 saturated carbocycles.